The van der Waals surface area contributed by atoms with E-state index >= 15 is 0 Å². The van der Waals surface area contributed by atoms with E-state index in [1.807, 2.05) is 0 Å². The maximum absolute atomic E-state index is 13.8. The topological polar surface area (TPSA) is 52.3 Å². The minimum Gasteiger partial charge on any atom is -0.496 e. The highest BCUT2D eigenvalue weighted by molar-refractivity contribution is 9.10. The van der Waals surface area contributed by atoms with Gasteiger partial charge in [-0.15, -0.1) is 0 Å². The van der Waals surface area contributed by atoms with Crippen molar-refractivity contribution in [1.82, 2.24) is 0 Å². The fourth-order valence-corrected chi connectivity index (χ4v) is 2.06. The number of carbonyl (C=O) groups excluding carboxylic acids is 1. The summed E-state index contributed by atoms with van der Waals surface area (Å²) in [7, 11) is 1.38. The van der Waals surface area contributed by atoms with E-state index in [-0.39, 0.29) is 21.3 Å². The number of nitrogen functional groups attached to an aromatic ring is 1. The molecule has 0 bridgehead atoms. The second-order valence-corrected chi connectivity index (χ2v) is 4.89. The first-order valence-corrected chi connectivity index (χ1v) is 6.36. The van der Waals surface area contributed by atoms with E-state index in [1.54, 1.807) is 6.07 Å². The van der Waals surface area contributed by atoms with Gasteiger partial charge in [0.2, 0.25) is 0 Å². The van der Waals surface area contributed by atoms with Crippen molar-refractivity contribution in [3.05, 3.63) is 57.6 Å². The molecule has 0 atom stereocenters. The van der Waals surface area contributed by atoms with E-state index in [0.29, 0.717) is 5.69 Å². The first kappa shape index (κ1) is 14.5. The van der Waals surface area contributed by atoms with Gasteiger partial charge in [0, 0.05) is 5.69 Å². The molecule has 0 aliphatic heterocycles. The molecular formula is C14H10BrF2NO2. The molecule has 0 saturated carbocycles. The molecule has 2 N–H and O–H groups in total. The van der Waals surface area contributed by atoms with E-state index in [1.165, 1.54) is 19.2 Å². The summed E-state index contributed by atoms with van der Waals surface area (Å²) in [6, 6.07) is 6.15. The Labute approximate surface area is 122 Å². The third kappa shape index (κ3) is 2.65. The van der Waals surface area contributed by atoms with Crippen LogP contribution in [0.15, 0.2) is 34.8 Å². The van der Waals surface area contributed by atoms with Crippen molar-refractivity contribution in [2.45, 2.75) is 0 Å². The van der Waals surface area contributed by atoms with Crippen molar-refractivity contribution < 1.29 is 18.3 Å². The molecule has 0 unspecified atom stereocenters. The van der Waals surface area contributed by atoms with Gasteiger partial charge in [0.1, 0.15) is 17.4 Å². The van der Waals surface area contributed by atoms with Crippen molar-refractivity contribution in [2.24, 2.45) is 0 Å². The average Bonchev–Trinajstić information content (AvgIpc) is 2.42. The standard InChI is InChI=1S/C14H10BrF2NO2/c1-20-13-3-2-7(18)4-9(13)14(19)8-5-12(17)10(15)6-11(8)16/h2-6H,18H2,1H3. The predicted molar refractivity (Wildman–Crippen MR) is 74.9 cm³/mol. The van der Waals surface area contributed by atoms with Gasteiger partial charge >= 0.3 is 0 Å². The fraction of sp³-hybridized carbons (Fsp3) is 0.0714. The van der Waals surface area contributed by atoms with Crippen molar-refractivity contribution in [1.29, 1.82) is 0 Å². The second-order valence-electron chi connectivity index (χ2n) is 4.04. The minimum absolute atomic E-state index is 0.0499. The monoisotopic (exact) mass is 341 g/mol. The molecule has 6 heteroatoms. The van der Waals surface area contributed by atoms with Gasteiger partial charge in [0.05, 0.1) is 22.7 Å². The lowest BCUT2D eigenvalue weighted by atomic mass is 10.0. The largest absolute Gasteiger partial charge is 0.496 e. The Hall–Kier alpha value is -1.95. The lowest BCUT2D eigenvalue weighted by molar-refractivity contribution is 0.103. The highest BCUT2D eigenvalue weighted by Gasteiger charge is 2.20. The smallest absolute Gasteiger partial charge is 0.199 e. The van der Waals surface area contributed by atoms with Crippen LogP contribution in [0.1, 0.15) is 15.9 Å². The Bertz CT molecular complexity index is 689. The molecule has 0 radical (unpaired) electrons. The van der Waals surface area contributed by atoms with E-state index in [0.717, 1.165) is 12.1 Å². The molecule has 3 nitrogen and oxygen atoms in total. The number of methoxy groups -OCH3 is 1. The number of hydrogen-bond donors (Lipinski definition) is 1. The van der Waals surface area contributed by atoms with Crippen LogP contribution in [0, 0.1) is 11.6 Å². The third-order valence-corrected chi connectivity index (χ3v) is 3.33. The summed E-state index contributed by atoms with van der Waals surface area (Å²) in [6.45, 7) is 0. The summed E-state index contributed by atoms with van der Waals surface area (Å²) < 4.78 is 32.3. The maximum atomic E-state index is 13.8. The number of rotatable bonds is 3. The molecule has 0 spiro atoms. The molecule has 0 saturated heterocycles. The van der Waals surface area contributed by atoms with Crippen LogP contribution in [0.4, 0.5) is 14.5 Å². The summed E-state index contributed by atoms with van der Waals surface area (Å²) >= 11 is 2.85. The number of halogens is 3. The average molecular weight is 342 g/mol. The van der Waals surface area contributed by atoms with Gasteiger partial charge in [-0.1, -0.05) is 0 Å². The SMILES string of the molecule is COc1ccc(N)cc1C(=O)c1cc(F)c(Br)cc1F. The molecule has 0 amide bonds. The highest BCUT2D eigenvalue weighted by Crippen LogP contribution is 2.27. The van der Waals surface area contributed by atoms with Crippen LogP contribution >= 0.6 is 15.9 Å². The van der Waals surface area contributed by atoms with Crippen LogP contribution in [0.2, 0.25) is 0 Å². The number of anilines is 1. The second kappa shape index (κ2) is 5.58. The molecule has 2 aromatic carbocycles. The van der Waals surface area contributed by atoms with Gasteiger partial charge in [0.25, 0.3) is 0 Å². The van der Waals surface area contributed by atoms with Crippen LogP contribution in [-0.4, -0.2) is 12.9 Å². The Morgan fingerprint density at radius 3 is 2.50 bits per heavy atom. The molecule has 104 valence electrons. The summed E-state index contributed by atoms with van der Waals surface area (Å²) in [6.07, 6.45) is 0. The minimum atomic E-state index is -0.826. The summed E-state index contributed by atoms with van der Waals surface area (Å²) in [5.41, 5.74) is 5.63. The Morgan fingerprint density at radius 1 is 1.15 bits per heavy atom. The number of nitrogens with two attached hydrogens (primary N) is 1. The van der Waals surface area contributed by atoms with Crippen molar-refractivity contribution >= 4 is 27.4 Å². The Kier molecular flexibility index (Phi) is 4.04. The molecule has 2 rings (SSSR count). The number of carbonyl (C=O) groups is 1. The fourth-order valence-electron chi connectivity index (χ4n) is 1.74. The number of ketones is 1. The molecule has 0 heterocycles. The normalized spacial score (nSPS) is 10.4. The summed E-state index contributed by atoms with van der Waals surface area (Å²) in [4.78, 5) is 12.3. The zero-order valence-electron chi connectivity index (χ0n) is 10.4. The Morgan fingerprint density at radius 2 is 1.85 bits per heavy atom. The summed E-state index contributed by atoms with van der Waals surface area (Å²) in [5.74, 6) is -2.00. The van der Waals surface area contributed by atoms with E-state index in [2.05, 4.69) is 15.9 Å². The summed E-state index contributed by atoms with van der Waals surface area (Å²) in [5, 5.41) is 0. The van der Waals surface area contributed by atoms with Crippen molar-refractivity contribution in [3.8, 4) is 5.75 Å². The zero-order chi connectivity index (χ0) is 14.9. The van der Waals surface area contributed by atoms with Crippen LogP contribution in [-0.2, 0) is 0 Å². The van der Waals surface area contributed by atoms with Gasteiger partial charge in [-0.05, 0) is 46.3 Å². The van der Waals surface area contributed by atoms with E-state index < -0.39 is 17.4 Å². The van der Waals surface area contributed by atoms with E-state index in [9.17, 15) is 13.6 Å². The van der Waals surface area contributed by atoms with Crippen LogP contribution < -0.4 is 10.5 Å². The lowest BCUT2D eigenvalue weighted by Gasteiger charge is -2.09. The number of ether oxygens (including phenoxy) is 1. The third-order valence-electron chi connectivity index (χ3n) is 2.72. The van der Waals surface area contributed by atoms with Gasteiger partial charge < -0.3 is 10.5 Å². The maximum Gasteiger partial charge on any atom is 0.199 e. The molecule has 0 aliphatic rings. The van der Waals surface area contributed by atoms with Crippen molar-refractivity contribution in [2.75, 3.05) is 12.8 Å². The molecule has 0 aliphatic carbocycles. The van der Waals surface area contributed by atoms with Crippen molar-refractivity contribution in [3.63, 3.8) is 0 Å². The van der Waals surface area contributed by atoms with Crippen LogP contribution in [0.25, 0.3) is 0 Å². The van der Waals surface area contributed by atoms with Gasteiger partial charge in [-0.2, -0.15) is 0 Å². The van der Waals surface area contributed by atoms with Crippen LogP contribution in [0.5, 0.6) is 5.75 Å². The quantitative estimate of drug-likeness (QED) is 0.527. The predicted octanol–water partition coefficient (Wildman–Crippen LogP) is 3.55. The molecule has 2 aromatic rings. The first-order chi connectivity index (χ1) is 9.43. The Balaban J connectivity index is 2.57. The van der Waals surface area contributed by atoms with Crippen LogP contribution in [0.3, 0.4) is 0 Å². The van der Waals surface area contributed by atoms with Gasteiger partial charge in [-0.3, -0.25) is 4.79 Å². The lowest BCUT2D eigenvalue weighted by Crippen LogP contribution is -2.08. The van der Waals surface area contributed by atoms with Gasteiger partial charge in [0.15, 0.2) is 5.78 Å². The van der Waals surface area contributed by atoms with E-state index in [4.69, 9.17) is 10.5 Å². The molecular weight excluding hydrogens is 332 g/mol. The molecule has 0 fully saturated rings. The molecule has 0 aromatic heterocycles. The highest BCUT2D eigenvalue weighted by atomic mass is 79.9. The zero-order valence-corrected chi connectivity index (χ0v) is 12.0. The van der Waals surface area contributed by atoms with Gasteiger partial charge in [-0.25, -0.2) is 8.78 Å². The number of hydrogen-bond acceptors (Lipinski definition) is 3. The first-order valence-electron chi connectivity index (χ1n) is 5.56. The molecule has 20 heavy (non-hydrogen) atoms. The number of benzene rings is 2.